The first-order valence-electron chi connectivity index (χ1n) is 14.2. The van der Waals surface area contributed by atoms with E-state index in [0.717, 1.165) is 15.4 Å². The summed E-state index contributed by atoms with van der Waals surface area (Å²) in [7, 11) is 8.72. The fourth-order valence-electron chi connectivity index (χ4n) is 5.36. The topological polar surface area (TPSA) is 95.4 Å². The zero-order valence-electron chi connectivity index (χ0n) is 25.8. The van der Waals surface area contributed by atoms with E-state index in [1.807, 2.05) is 75.3 Å². The summed E-state index contributed by atoms with van der Waals surface area (Å²) in [5, 5.41) is 14.1. The molecule has 10 heteroatoms. The van der Waals surface area contributed by atoms with Gasteiger partial charge < -0.3 is 33.7 Å². The number of fused-ring (bicyclic) bond motifs is 1. The van der Waals surface area contributed by atoms with Gasteiger partial charge in [0.05, 0.1) is 46.0 Å². The summed E-state index contributed by atoms with van der Waals surface area (Å²) in [4.78, 5) is 11.4. The number of aromatic nitrogens is 2. The Morgan fingerprint density at radius 3 is 2.14 bits per heavy atom. The van der Waals surface area contributed by atoms with Gasteiger partial charge in [-0.3, -0.25) is 0 Å². The Bertz CT molecular complexity index is 1520. The van der Waals surface area contributed by atoms with Crippen molar-refractivity contribution in [1.29, 1.82) is 0 Å². The average Bonchev–Trinajstić information content (AvgIpc) is 2.99. The van der Waals surface area contributed by atoms with Crippen LogP contribution in [0.4, 0.5) is 0 Å². The third-order valence-corrected chi connectivity index (χ3v) is 7.79. The molecule has 4 rings (SSSR count). The number of ether oxygens (including phenoxy) is 5. The molecule has 4 aromatic rings. The number of rotatable bonds is 14. The minimum atomic E-state index is -1.56. The van der Waals surface area contributed by atoms with Crippen molar-refractivity contribution >= 4 is 26.8 Å². The van der Waals surface area contributed by atoms with Gasteiger partial charge in [-0.05, 0) is 70.3 Å². The van der Waals surface area contributed by atoms with Gasteiger partial charge in [-0.25, -0.2) is 4.98 Å². The van der Waals surface area contributed by atoms with Gasteiger partial charge in [0.25, 0.3) is 0 Å². The smallest absolute Gasteiger partial charge is 0.217 e. The second-order valence-electron chi connectivity index (χ2n) is 10.3. The lowest BCUT2D eigenvalue weighted by Gasteiger charge is -2.39. The first kappa shape index (κ1) is 32.3. The lowest BCUT2D eigenvalue weighted by molar-refractivity contribution is 0.00258. The molecule has 43 heavy (non-hydrogen) atoms. The molecule has 9 nitrogen and oxygen atoms in total. The number of benzene rings is 2. The predicted molar refractivity (Wildman–Crippen MR) is 171 cm³/mol. The Balaban J connectivity index is 2.14. The fourth-order valence-corrected chi connectivity index (χ4v) is 5.74. The molecule has 2 aromatic carbocycles. The Kier molecular flexibility index (Phi) is 10.7. The van der Waals surface area contributed by atoms with Gasteiger partial charge in [-0.2, -0.15) is 4.98 Å². The highest BCUT2D eigenvalue weighted by Crippen LogP contribution is 2.52. The zero-order valence-corrected chi connectivity index (χ0v) is 27.4. The summed E-state index contributed by atoms with van der Waals surface area (Å²) < 4.78 is 30.2. The maximum Gasteiger partial charge on any atom is 0.217 e. The first-order chi connectivity index (χ1) is 20.7. The van der Waals surface area contributed by atoms with E-state index in [0.29, 0.717) is 72.0 Å². The van der Waals surface area contributed by atoms with Gasteiger partial charge in [0.1, 0.15) is 5.60 Å². The van der Waals surface area contributed by atoms with Crippen LogP contribution in [0.25, 0.3) is 10.9 Å². The molecule has 2 aromatic heterocycles. The minimum Gasteiger partial charge on any atom is -0.493 e. The number of para-hydroxylation sites is 1. The van der Waals surface area contributed by atoms with E-state index in [1.165, 1.54) is 0 Å². The van der Waals surface area contributed by atoms with Crippen LogP contribution in [0.15, 0.2) is 59.1 Å². The van der Waals surface area contributed by atoms with Gasteiger partial charge >= 0.3 is 0 Å². The summed E-state index contributed by atoms with van der Waals surface area (Å²) >= 11 is 3.59. The van der Waals surface area contributed by atoms with E-state index < -0.39 is 11.5 Å². The van der Waals surface area contributed by atoms with Crippen LogP contribution in [0.2, 0.25) is 0 Å². The first-order valence-corrected chi connectivity index (χ1v) is 15.0. The van der Waals surface area contributed by atoms with Crippen molar-refractivity contribution in [2.75, 3.05) is 55.2 Å². The molecule has 0 aliphatic heterocycles. The lowest BCUT2D eigenvalue weighted by atomic mass is 9.71. The number of nitrogens with zero attached hydrogens (tertiary/aromatic N) is 3. The molecular formula is C33H40BrN3O6. The van der Waals surface area contributed by atoms with Gasteiger partial charge in [0.15, 0.2) is 11.5 Å². The minimum absolute atomic E-state index is 0.325. The zero-order chi connectivity index (χ0) is 31.1. The van der Waals surface area contributed by atoms with Crippen molar-refractivity contribution in [3.05, 3.63) is 75.8 Å². The highest BCUT2D eigenvalue weighted by molar-refractivity contribution is 9.10. The van der Waals surface area contributed by atoms with Crippen LogP contribution < -0.4 is 23.7 Å². The summed E-state index contributed by atoms with van der Waals surface area (Å²) in [6, 6.07) is 17.1. The molecule has 2 unspecified atom stereocenters. The summed E-state index contributed by atoms with van der Waals surface area (Å²) in [5.41, 5.74) is 1.15. The van der Waals surface area contributed by atoms with Gasteiger partial charge in [-0.15, -0.1) is 0 Å². The molecule has 0 bridgehead atoms. The van der Waals surface area contributed by atoms with Crippen LogP contribution in [0.3, 0.4) is 0 Å². The second-order valence-corrected chi connectivity index (χ2v) is 11.2. The van der Waals surface area contributed by atoms with Crippen molar-refractivity contribution in [3.63, 3.8) is 0 Å². The molecular weight excluding hydrogens is 614 g/mol. The average molecular weight is 655 g/mol. The van der Waals surface area contributed by atoms with Crippen molar-refractivity contribution in [2.24, 2.45) is 0 Å². The van der Waals surface area contributed by atoms with E-state index in [4.69, 9.17) is 28.7 Å². The van der Waals surface area contributed by atoms with Gasteiger partial charge in [-0.1, -0.05) is 28.1 Å². The Morgan fingerprint density at radius 2 is 1.56 bits per heavy atom. The van der Waals surface area contributed by atoms with Crippen molar-refractivity contribution < 1.29 is 28.8 Å². The Morgan fingerprint density at radius 1 is 0.860 bits per heavy atom. The molecule has 2 atom stereocenters. The molecule has 0 saturated heterocycles. The number of aliphatic hydroxyl groups is 1. The van der Waals surface area contributed by atoms with Crippen molar-refractivity contribution in [3.8, 4) is 29.1 Å². The van der Waals surface area contributed by atoms with E-state index >= 15 is 0 Å². The number of hydrogen-bond donors (Lipinski definition) is 1. The summed E-state index contributed by atoms with van der Waals surface area (Å²) in [6.07, 6.45) is 0.325. The van der Waals surface area contributed by atoms with E-state index in [-0.39, 0.29) is 0 Å². The highest BCUT2D eigenvalue weighted by atomic mass is 79.9. The van der Waals surface area contributed by atoms with Crippen LogP contribution in [-0.2, 0) is 5.60 Å². The molecule has 0 amide bonds. The third-order valence-electron chi connectivity index (χ3n) is 7.30. The summed E-state index contributed by atoms with van der Waals surface area (Å²) in [6.45, 7) is 5.15. The molecule has 0 spiro atoms. The fraction of sp³-hybridized carbons (Fsp3) is 0.394. The number of methoxy groups -OCH3 is 3. The van der Waals surface area contributed by atoms with Crippen LogP contribution in [-0.4, -0.2) is 75.2 Å². The number of pyridine rings is 2. The molecule has 0 saturated carbocycles. The molecule has 0 fully saturated rings. The van der Waals surface area contributed by atoms with Crippen LogP contribution in [0.1, 0.15) is 42.9 Å². The Hall–Kier alpha value is -3.60. The molecule has 2 heterocycles. The molecule has 0 radical (unpaired) electrons. The standard InChI is InChI=1S/C33H40BrN3O6/c1-8-42-28-19-22(20-29(36-28)43-9-2)33(38,15-16-37(3)4)30(24-11-10-12-27(39-5)31(24)40-6)25-18-21-17-23(34)13-14-26(21)35-32(25)41-7/h10-14,17-20,30,38H,8-9,15-16H2,1-7H3. The predicted octanol–water partition coefficient (Wildman–Crippen LogP) is 6.19. The number of hydrogen-bond acceptors (Lipinski definition) is 9. The number of halogens is 1. The monoisotopic (exact) mass is 653 g/mol. The Labute approximate surface area is 261 Å². The van der Waals surface area contributed by atoms with Crippen LogP contribution >= 0.6 is 15.9 Å². The van der Waals surface area contributed by atoms with Crippen LogP contribution in [0.5, 0.6) is 29.1 Å². The highest BCUT2D eigenvalue weighted by Gasteiger charge is 2.45. The normalized spacial score (nSPS) is 13.4. The lowest BCUT2D eigenvalue weighted by Crippen LogP contribution is -2.38. The van der Waals surface area contributed by atoms with Gasteiger partial charge in [0, 0.05) is 39.7 Å². The van der Waals surface area contributed by atoms with E-state index in [9.17, 15) is 5.11 Å². The SMILES string of the molecule is CCOc1cc(C(O)(CCN(C)C)C(c2cc3cc(Br)ccc3nc2OC)c2cccc(OC)c2OC)cc(OCC)n1. The van der Waals surface area contributed by atoms with Gasteiger partial charge in [0.2, 0.25) is 17.6 Å². The third kappa shape index (κ3) is 6.98. The van der Waals surface area contributed by atoms with E-state index in [1.54, 1.807) is 33.5 Å². The quantitative estimate of drug-likeness (QED) is 0.171. The van der Waals surface area contributed by atoms with Crippen molar-refractivity contribution in [1.82, 2.24) is 14.9 Å². The summed E-state index contributed by atoms with van der Waals surface area (Å²) in [5.74, 6) is 1.40. The van der Waals surface area contributed by atoms with Crippen LogP contribution in [0, 0.1) is 0 Å². The molecule has 0 aliphatic rings. The maximum atomic E-state index is 13.3. The molecule has 1 N–H and O–H groups in total. The second kappa shape index (κ2) is 14.2. The largest absolute Gasteiger partial charge is 0.493 e. The molecule has 0 aliphatic carbocycles. The van der Waals surface area contributed by atoms with E-state index in [2.05, 4.69) is 20.9 Å². The van der Waals surface area contributed by atoms with Crippen molar-refractivity contribution in [2.45, 2.75) is 31.8 Å². The molecule has 230 valence electrons. The maximum absolute atomic E-state index is 13.3.